The molecule has 0 aromatic heterocycles. The van der Waals surface area contributed by atoms with Crippen molar-refractivity contribution in [3.8, 4) is 23.7 Å². The second-order valence-corrected chi connectivity index (χ2v) is 7.60. The van der Waals surface area contributed by atoms with E-state index in [1.54, 1.807) is 32.9 Å². The van der Waals surface area contributed by atoms with Crippen molar-refractivity contribution in [1.29, 1.82) is 0 Å². The SMILES string of the molecule is CC(C)(C)OC(=O)N[C@H](C#Cc1cccc(C#CCCCC(=O)O)c1)CCC(N)=O. The van der Waals surface area contributed by atoms with E-state index in [0.717, 1.165) is 5.56 Å². The lowest BCUT2D eigenvalue weighted by molar-refractivity contribution is -0.137. The molecular formula is C23H28N2O5. The predicted molar refractivity (Wildman–Crippen MR) is 113 cm³/mol. The Morgan fingerprint density at radius 2 is 1.83 bits per heavy atom. The number of amides is 2. The monoisotopic (exact) mass is 412 g/mol. The van der Waals surface area contributed by atoms with Gasteiger partial charge in [-0.15, -0.1) is 0 Å². The molecule has 1 rings (SSSR count). The number of carboxylic acids is 1. The molecule has 0 fully saturated rings. The van der Waals surface area contributed by atoms with Crippen molar-refractivity contribution in [2.24, 2.45) is 5.73 Å². The number of alkyl carbamates (subject to hydrolysis) is 1. The first-order valence-electron chi connectivity index (χ1n) is 9.65. The summed E-state index contributed by atoms with van der Waals surface area (Å²) in [7, 11) is 0. The first-order chi connectivity index (χ1) is 14.0. The number of ether oxygens (including phenoxy) is 1. The van der Waals surface area contributed by atoms with Crippen molar-refractivity contribution >= 4 is 18.0 Å². The van der Waals surface area contributed by atoms with Crippen LogP contribution in [0.2, 0.25) is 0 Å². The molecule has 0 aliphatic rings. The number of benzene rings is 1. The molecule has 4 N–H and O–H groups in total. The van der Waals surface area contributed by atoms with Gasteiger partial charge in [0.1, 0.15) is 5.60 Å². The first-order valence-corrected chi connectivity index (χ1v) is 9.65. The van der Waals surface area contributed by atoms with Crippen LogP contribution in [0.25, 0.3) is 0 Å². The summed E-state index contributed by atoms with van der Waals surface area (Å²) in [5.74, 6) is 10.5. The number of primary amides is 1. The van der Waals surface area contributed by atoms with Crippen LogP contribution in [-0.2, 0) is 14.3 Å². The molecule has 0 heterocycles. The van der Waals surface area contributed by atoms with Gasteiger partial charge in [0.05, 0.1) is 6.04 Å². The maximum atomic E-state index is 12.0. The van der Waals surface area contributed by atoms with Gasteiger partial charge >= 0.3 is 12.1 Å². The number of nitrogens with one attached hydrogen (secondary N) is 1. The number of carbonyl (C=O) groups excluding carboxylic acids is 2. The fraction of sp³-hybridized carbons (Fsp3) is 0.435. The molecule has 1 aromatic carbocycles. The van der Waals surface area contributed by atoms with Crippen LogP contribution in [0.1, 0.15) is 64.0 Å². The van der Waals surface area contributed by atoms with Crippen molar-refractivity contribution < 1.29 is 24.2 Å². The van der Waals surface area contributed by atoms with Gasteiger partial charge in [0.25, 0.3) is 0 Å². The maximum Gasteiger partial charge on any atom is 0.408 e. The van der Waals surface area contributed by atoms with Crippen LogP contribution >= 0.6 is 0 Å². The van der Waals surface area contributed by atoms with E-state index in [1.165, 1.54) is 0 Å². The van der Waals surface area contributed by atoms with Gasteiger partial charge in [-0.05, 0) is 51.8 Å². The molecule has 7 heteroatoms. The van der Waals surface area contributed by atoms with E-state index in [1.807, 2.05) is 12.1 Å². The maximum absolute atomic E-state index is 12.0. The Bertz CT molecular complexity index is 879. The lowest BCUT2D eigenvalue weighted by Gasteiger charge is -2.21. The summed E-state index contributed by atoms with van der Waals surface area (Å²) in [6.07, 6.45) is 0.822. The lowest BCUT2D eigenvalue weighted by atomic mass is 10.1. The van der Waals surface area contributed by atoms with Gasteiger partial charge in [-0.2, -0.15) is 0 Å². The van der Waals surface area contributed by atoms with Crippen molar-refractivity contribution in [2.45, 2.75) is 64.5 Å². The van der Waals surface area contributed by atoms with Gasteiger partial charge in [-0.1, -0.05) is 29.7 Å². The fourth-order valence-corrected chi connectivity index (χ4v) is 2.25. The minimum absolute atomic E-state index is 0.0804. The molecule has 0 bridgehead atoms. The molecule has 30 heavy (non-hydrogen) atoms. The van der Waals surface area contributed by atoms with E-state index in [9.17, 15) is 14.4 Å². The molecule has 0 saturated heterocycles. The van der Waals surface area contributed by atoms with Crippen LogP contribution in [0.4, 0.5) is 4.79 Å². The Hall–Kier alpha value is -3.45. The smallest absolute Gasteiger partial charge is 0.408 e. The highest BCUT2D eigenvalue weighted by atomic mass is 16.6. The fourth-order valence-electron chi connectivity index (χ4n) is 2.25. The zero-order chi connectivity index (χ0) is 22.6. The standard InChI is InChI=1S/C23H28N2O5/c1-23(2,3)30-22(29)25-19(14-15-20(24)26)13-12-18-10-7-9-17(16-18)8-5-4-6-11-21(27)28/h7,9-10,16,19H,4,6,11,14-15H2,1-3H3,(H2,24,26)(H,25,29)(H,27,28)/t19-/m1/s1. The highest BCUT2D eigenvalue weighted by Gasteiger charge is 2.18. The minimum Gasteiger partial charge on any atom is -0.481 e. The Morgan fingerprint density at radius 3 is 2.43 bits per heavy atom. The zero-order valence-electron chi connectivity index (χ0n) is 17.6. The van der Waals surface area contributed by atoms with E-state index < -0.39 is 29.6 Å². The van der Waals surface area contributed by atoms with Gasteiger partial charge < -0.3 is 20.9 Å². The van der Waals surface area contributed by atoms with Crippen LogP contribution in [0.15, 0.2) is 24.3 Å². The summed E-state index contributed by atoms with van der Waals surface area (Å²) in [5.41, 5.74) is 6.01. The predicted octanol–water partition coefficient (Wildman–Crippen LogP) is 2.80. The van der Waals surface area contributed by atoms with Crippen molar-refractivity contribution in [3.63, 3.8) is 0 Å². The summed E-state index contributed by atoms with van der Waals surface area (Å²) in [6.45, 7) is 5.26. The summed E-state index contributed by atoms with van der Waals surface area (Å²) in [6, 6.07) is 6.65. The average Bonchev–Trinajstić information content (AvgIpc) is 2.62. The summed E-state index contributed by atoms with van der Waals surface area (Å²) >= 11 is 0. The number of nitrogens with two attached hydrogens (primary N) is 1. The third-order valence-corrected chi connectivity index (χ3v) is 3.55. The third kappa shape index (κ3) is 12.1. The quantitative estimate of drug-likeness (QED) is 0.470. The molecule has 0 unspecified atom stereocenters. The topological polar surface area (TPSA) is 119 Å². The molecule has 0 aliphatic heterocycles. The van der Waals surface area contributed by atoms with Crippen molar-refractivity contribution in [2.75, 3.05) is 0 Å². The molecule has 0 saturated carbocycles. The third-order valence-electron chi connectivity index (χ3n) is 3.55. The van der Waals surface area contributed by atoms with Crippen LogP contribution in [-0.4, -0.2) is 34.7 Å². The summed E-state index contributed by atoms with van der Waals surface area (Å²) in [5, 5.41) is 11.3. The molecule has 0 spiro atoms. The van der Waals surface area contributed by atoms with Crippen LogP contribution in [0.3, 0.4) is 0 Å². The Kier molecular flexibility index (Phi) is 9.99. The molecule has 1 atom stereocenters. The largest absolute Gasteiger partial charge is 0.481 e. The van der Waals surface area contributed by atoms with E-state index in [0.29, 0.717) is 18.4 Å². The van der Waals surface area contributed by atoms with E-state index in [2.05, 4.69) is 29.0 Å². The van der Waals surface area contributed by atoms with Crippen molar-refractivity contribution in [1.82, 2.24) is 5.32 Å². The molecule has 160 valence electrons. The molecule has 2 amide bonds. The van der Waals surface area contributed by atoms with Crippen LogP contribution < -0.4 is 11.1 Å². The number of carboxylic acid groups (broad SMARTS) is 1. The van der Waals surface area contributed by atoms with Crippen LogP contribution in [0.5, 0.6) is 0 Å². The highest BCUT2D eigenvalue weighted by molar-refractivity contribution is 5.74. The molecular weight excluding hydrogens is 384 g/mol. The lowest BCUT2D eigenvalue weighted by Crippen LogP contribution is -2.39. The normalized spacial score (nSPS) is 11.2. The average molecular weight is 412 g/mol. The molecule has 7 nitrogen and oxygen atoms in total. The first kappa shape index (κ1) is 24.6. The van der Waals surface area contributed by atoms with Gasteiger partial charge in [-0.25, -0.2) is 4.79 Å². The van der Waals surface area contributed by atoms with Gasteiger partial charge in [0.15, 0.2) is 0 Å². The van der Waals surface area contributed by atoms with Crippen LogP contribution in [0, 0.1) is 23.7 Å². The van der Waals surface area contributed by atoms with Gasteiger partial charge in [-0.3, -0.25) is 9.59 Å². The summed E-state index contributed by atoms with van der Waals surface area (Å²) < 4.78 is 5.24. The number of unbranched alkanes of at least 4 members (excludes halogenated alkanes) is 1. The summed E-state index contributed by atoms with van der Waals surface area (Å²) in [4.78, 5) is 33.6. The van der Waals surface area contributed by atoms with Gasteiger partial charge in [0, 0.05) is 30.4 Å². The second kappa shape index (κ2) is 12.2. The van der Waals surface area contributed by atoms with Gasteiger partial charge in [0.2, 0.25) is 5.91 Å². The number of carbonyl (C=O) groups is 3. The number of rotatable bonds is 7. The number of aliphatic carboxylic acids is 1. The van der Waals surface area contributed by atoms with Crippen molar-refractivity contribution in [3.05, 3.63) is 35.4 Å². The molecule has 1 aromatic rings. The van der Waals surface area contributed by atoms with E-state index >= 15 is 0 Å². The highest BCUT2D eigenvalue weighted by Crippen LogP contribution is 2.08. The second-order valence-electron chi connectivity index (χ2n) is 7.60. The Morgan fingerprint density at radius 1 is 1.17 bits per heavy atom. The minimum atomic E-state index is -0.833. The Labute approximate surface area is 177 Å². The molecule has 0 aliphatic carbocycles. The van der Waals surface area contributed by atoms with E-state index in [4.69, 9.17) is 15.6 Å². The molecule has 0 radical (unpaired) electrons. The Balaban J connectivity index is 2.84. The zero-order valence-corrected chi connectivity index (χ0v) is 17.6. The van der Waals surface area contributed by atoms with E-state index in [-0.39, 0.29) is 19.3 Å². The number of hydrogen-bond acceptors (Lipinski definition) is 4. The number of hydrogen-bond donors (Lipinski definition) is 3.